The topological polar surface area (TPSA) is 82.4 Å². The Hall–Kier alpha value is -2.55. The smallest absolute Gasteiger partial charge is 0.338 e. The van der Waals surface area contributed by atoms with Crippen molar-refractivity contribution in [1.29, 1.82) is 0 Å². The van der Waals surface area contributed by atoms with E-state index in [9.17, 15) is 26.8 Å². The van der Waals surface area contributed by atoms with Gasteiger partial charge in [0.1, 0.15) is 11.6 Å². The van der Waals surface area contributed by atoms with E-state index in [2.05, 4.69) is 0 Å². The molecule has 1 atom stereocenters. The van der Waals surface area contributed by atoms with Gasteiger partial charge >= 0.3 is 5.97 Å². The minimum Gasteiger partial charge on any atom is -0.454 e. The van der Waals surface area contributed by atoms with Gasteiger partial charge in [-0.05, 0) is 38.5 Å². The highest BCUT2D eigenvalue weighted by molar-refractivity contribution is 7.91. The van der Waals surface area contributed by atoms with Gasteiger partial charge in [-0.1, -0.05) is 0 Å². The van der Waals surface area contributed by atoms with Crippen LogP contribution in [0.2, 0.25) is 0 Å². The number of halogens is 2. The van der Waals surface area contributed by atoms with Crippen molar-refractivity contribution in [3.05, 3.63) is 58.4 Å². The van der Waals surface area contributed by atoms with E-state index in [0.29, 0.717) is 23.7 Å². The van der Waals surface area contributed by atoms with Gasteiger partial charge in [-0.15, -0.1) is 0 Å². The molecule has 0 radical (unpaired) electrons. The van der Waals surface area contributed by atoms with Gasteiger partial charge in [0.15, 0.2) is 16.4 Å². The molecule has 1 aliphatic heterocycles. The van der Waals surface area contributed by atoms with Crippen LogP contribution < -0.4 is 0 Å². The molecule has 3 rings (SSSR count). The van der Waals surface area contributed by atoms with E-state index in [1.165, 1.54) is 0 Å². The summed E-state index contributed by atoms with van der Waals surface area (Å²) < 4.78 is 56.6. The first-order chi connectivity index (χ1) is 13.1. The Balaban J connectivity index is 1.73. The molecule has 28 heavy (non-hydrogen) atoms. The molecule has 9 heteroatoms. The average molecular weight is 411 g/mol. The molecule has 6 nitrogen and oxygen atoms in total. The van der Waals surface area contributed by atoms with Gasteiger partial charge in [0.25, 0.3) is 0 Å². The Bertz CT molecular complexity index is 1040. The predicted octanol–water partition coefficient (Wildman–Crippen LogP) is 2.78. The van der Waals surface area contributed by atoms with E-state index in [-0.39, 0.29) is 23.1 Å². The number of aryl methyl sites for hydroxylation is 1. The van der Waals surface area contributed by atoms with Gasteiger partial charge in [0, 0.05) is 29.1 Å². The lowest BCUT2D eigenvalue weighted by atomic mass is 10.1. The van der Waals surface area contributed by atoms with Crippen LogP contribution in [0.1, 0.15) is 44.6 Å². The Morgan fingerprint density at radius 1 is 1.14 bits per heavy atom. The quantitative estimate of drug-likeness (QED) is 0.558. The number of ketones is 1. The molecular formula is C19H19F2NO5S. The summed E-state index contributed by atoms with van der Waals surface area (Å²) in [7, 11) is -3.08. The average Bonchev–Trinajstić information content (AvgIpc) is 3.09. The maximum Gasteiger partial charge on any atom is 0.338 e. The second-order valence-electron chi connectivity index (χ2n) is 6.87. The standard InChI is InChI=1S/C19H19F2NO5S/c1-11-5-17(12(2)22(11)16-3-4-28(25,26)10-16)18(23)9-27-19(24)13-6-14(20)8-15(21)7-13/h5-8,16H,3-4,9-10H2,1-2H3/t16-/m0/s1. The second kappa shape index (κ2) is 7.46. The molecule has 1 aromatic carbocycles. The van der Waals surface area contributed by atoms with Gasteiger partial charge in [-0.3, -0.25) is 4.79 Å². The number of ether oxygens (including phenoxy) is 1. The number of aromatic nitrogens is 1. The molecular weight excluding hydrogens is 392 g/mol. The van der Waals surface area contributed by atoms with Crippen LogP contribution in [0.25, 0.3) is 0 Å². The summed E-state index contributed by atoms with van der Waals surface area (Å²) in [5, 5.41) is 0. The lowest BCUT2D eigenvalue weighted by Crippen LogP contribution is -2.17. The van der Waals surface area contributed by atoms with Gasteiger partial charge in [0.05, 0.1) is 17.1 Å². The third-order valence-electron chi connectivity index (χ3n) is 4.79. The molecule has 0 aliphatic carbocycles. The largest absolute Gasteiger partial charge is 0.454 e. The molecule has 2 heterocycles. The molecule has 150 valence electrons. The molecule has 1 saturated heterocycles. The number of Topliss-reactive ketones (excluding diaryl/α,β-unsaturated/α-hetero) is 1. The van der Waals surface area contributed by atoms with E-state index in [1.54, 1.807) is 19.9 Å². The number of sulfone groups is 1. The van der Waals surface area contributed by atoms with E-state index < -0.39 is 39.8 Å². The molecule has 1 aromatic heterocycles. The Morgan fingerprint density at radius 3 is 2.36 bits per heavy atom. The van der Waals surface area contributed by atoms with Crippen LogP contribution in [0.3, 0.4) is 0 Å². The van der Waals surface area contributed by atoms with Gasteiger partial charge < -0.3 is 9.30 Å². The van der Waals surface area contributed by atoms with E-state index >= 15 is 0 Å². The molecule has 0 amide bonds. The van der Waals surface area contributed by atoms with Gasteiger partial charge in [-0.25, -0.2) is 22.0 Å². The van der Waals surface area contributed by atoms with E-state index in [0.717, 1.165) is 17.8 Å². The zero-order valence-electron chi connectivity index (χ0n) is 15.4. The van der Waals surface area contributed by atoms with Crippen LogP contribution in [-0.2, 0) is 14.6 Å². The molecule has 0 saturated carbocycles. The Morgan fingerprint density at radius 2 is 1.79 bits per heavy atom. The summed E-state index contributed by atoms with van der Waals surface area (Å²) >= 11 is 0. The zero-order valence-corrected chi connectivity index (χ0v) is 16.2. The minimum atomic E-state index is -3.08. The number of benzene rings is 1. The molecule has 0 unspecified atom stereocenters. The second-order valence-corrected chi connectivity index (χ2v) is 9.10. The molecule has 0 N–H and O–H groups in total. The number of nitrogens with zero attached hydrogens (tertiary/aromatic N) is 1. The SMILES string of the molecule is Cc1cc(C(=O)COC(=O)c2cc(F)cc(F)c2)c(C)n1[C@H]1CCS(=O)(=O)C1. The lowest BCUT2D eigenvalue weighted by Gasteiger charge is -2.16. The number of carbonyl (C=O) groups excluding carboxylic acids is 2. The van der Waals surface area contributed by atoms with Crippen molar-refractivity contribution in [3.63, 3.8) is 0 Å². The highest BCUT2D eigenvalue weighted by Gasteiger charge is 2.31. The zero-order chi connectivity index (χ0) is 20.6. The van der Waals surface area contributed by atoms with Crippen LogP contribution in [0, 0.1) is 25.5 Å². The predicted molar refractivity (Wildman–Crippen MR) is 97.2 cm³/mol. The maximum atomic E-state index is 13.2. The van der Waals surface area contributed by atoms with Gasteiger partial charge in [-0.2, -0.15) is 0 Å². The van der Waals surface area contributed by atoms with Crippen LogP contribution in [-0.4, -0.2) is 42.9 Å². The number of carbonyl (C=O) groups is 2. The van der Waals surface area contributed by atoms with Crippen LogP contribution in [0.4, 0.5) is 8.78 Å². The van der Waals surface area contributed by atoms with Crippen molar-refractivity contribution < 1.29 is 31.5 Å². The Kier molecular flexibility index (Phi) is 5.38. The fourth-order valence-corrected chi connectivity index (χ4v) is 5.26. The van der Waals surface area contributed by atoms with Gasteiger partial charge in [0.2, 0.25) is 5.78 Å². The highest BCUT2D eigenvalue weighted by atomic mass is 32.2. The van der Waals surface area contributed by atoms with Crippen molar-refractivity contribution in [2.45, 2.75) is 26.3 Å². The summed E-state index contributed by atoms with van der Waals surface area (Å²) in [6.07, 6.45) is 0.479. The first-order valence-electron chi connectivity index (χ1n) is 8.62. The number of hydrogen-bond acceptors (Lipinski definition) is 5. The summed E-state index contributed by atoms with van der Waals surface area (Å²) in [5.74, 6) is -3.20. The van der Waals surface area contributed by atoms with Crippen LogP contribution in [0.5, 0.6) is 0 Å². The summed E-state index contributed by atoms with van der Waals surface area (Å²) in [6, 6.07) is 3.66. The normalized spacial score (nSPS) is 18.2. The molecule has 1 fully saturated rings. The van der Waals surface area contributed by atoms with Crippen LogP contribution in [0.15, 0.2) is 24.3 Å². The highest BCUT2D eigenvalue weighted by Crippen LogP contribution is 2.29. The van der Waals surface area contributed by atoms with Crippen molar-refractivity contribution in [2.24, 2.45) is 0 Å². The monoisotopic (exact) mass is 411 g/mol. The number of hydrogen-bond donors (Lipinski definition) is 0. The third kappa shape index (κ3) is 4.14. The summed E-state index contributed by atoms with van der Waals surface area (Å²) in [6.45, 7) is 2.88. The minimum absolute atomic E-state index is 0.0249. The van der Waals surface area contributed by atoms with E-state index in [1.807, 2.05) is 4.57 Å². The van der Waals surface area contributed by atoms with Crippen LogP contribution >= 0.6 is 0 Å². The maximum absolute atomic E-state index is 13.2. The number of esters is 1. The fraction of sp³-hybridized carbons (Fsp3) is 0.368. The Labute approximate surface area is 161 Å². The first-order valence-corrected chi connectivity index (χ1v) is 10.4. The molecule has 2 aromatic rings. The summed E-state index contributed by atoms with van der Waals surface area (Å²) in [4.78, 5) is 24.4. The fourth-order valence-electron chi connectivity index (χ4n) is 3.56. The third-order valence-corrected chi connectivity index (χ3v) is 6.54. The van der Waals surface area contributed by atoms with E-state index in [4.69, 9.17) is 4.74 Å². The first kappa shape index (κ1) is 20.2. The molecule has 0 spiro atoms. The van der Waals surface area contributed by atoms with Crippen molar-refractivity contribution in [3.8, 4) is 0 Å². The summed E-state index contributed by atoms with van der Waals surface area (Å²) in [5.41, 5.74) is 1.32. The number of rotatable bonds is 5. The van der Waals surface area contributed by atoms with Crippen molar-refractivity contribution >= 4 is 21.6 Å². The molecule has 1 aliphatic rings. The van der Waals surface area contributed by atoms with Crippen molar-refractivity contribution in [1.82, 2.24) is 4.57 Å². The molecule has 0 bridgehead atoms. The lowest BCUT2D eigenvalue weighted by molar-refractivity contribution is 0.0473. The van der Waals surface area contributed by atoms with Crippen molar-refractivity contribution in [2.75, 3.05) is 18.1 Å².